The van der Waals surface area contributed by atoms with Crippen LogP contribution in [0, 0.1) is 20.8 Å². The van der Waals surface area contributed by atoms with Gasteiger partial charge in [0.05, 0.1) is 12.0 Å². The van der Waals surface area contributed by atoms with Gasteiger partial charge in [0.2, 0.25) is 0 Å². The van der Waals surface area contributed by atoms with Gasteiger partial charge in [0.25, 0.3) is 5.91 Å². The van der Waals surface area contributed by atoms with E-state index in [0.717, 1.165) is 22.6 Å². The highest BCUT2D eigenvalue weighted by atomic mass is 16.1. The topological polar surface area (TPSA) is 77.1 Å². The molecule has 0 aliphatic heterocycles. The van der Waals surface area contributed by atoms with Crippen LogP contribution >= 0.6 is 0 Å². The normalized spacial score (nSPS) is 11.1. The minimum Gasteiger partial charge on any atom is -0.348 e. The highest BCUT2D eigenvalue weighted by Crippen LogP contribution is 2.16. The molecule has 1 aromatic carbocycles. The molecule has 0 saturated carbocycles. The maximum atomic E-state index is 12.8. The summed E-state index contributed by atoms with van der Waals surface area (Å²) in [7, 11) is 0. The van der Waals surface area contributed by atoms with Crippen LogP contribution in [-0.4, -0.2) is 30.1 Å². The number of nitrogens with one attached hydrogen (secondary N) is 1. The fourth-order valence-corrected chi connectivity index (χ4v) is 3.16. The summed E-state index contributed by atoms with van der Waals surface area (Å²) in [6, 6.07) is 9.93. The summed E-state index contributed by atoms with van der Waals surface area (Å²) in [4.78, 5) is 21.3. The monoisotopic (exact) mass is 360 g/mol. The van der Waals surface area contributed by atoms with Crippen LogP contribution in [0.2, 0.25) is 0 Å². The van der Waals surface area contributed by atoms with Gasteiger partial charge >= 0.3 is 0 Å². The van der Waals surface area contributed by atoms with E-state index in [0.29, 0.717) is 23.4 Å². The number of amides is 1. The number of aromatic nitrogens is 5. The molecule has 4 rings (SSSR count). The van der Waals surface area contributed by atoms with Crippen molar-refractivity contribution in [2.75, 3.05) is 0 Å². The lowest BCUT2D eigenvalue weighted by Gasteiger charge is -2.07. The molecule has 0 unspecified atom stereocenters. The van der Waals surface area contributed by atoms with E-state index < -0.39 is 0 Å². The standard InChI is InChI=1S/C20H20N6O/c1-13-10-14(2)26-19(23-13)18(15(3)24-26)20(27)22-11-16-4-6-17(7-5-16)25-9-8-21-12-25/h4-10,12H,11H2,1-3H3,(H,22,27). The Morgan fingerprint density at radius 2 is 1.93 bits per heavy atom. The van der Waals surface area contributed by atoms with Gasteiger partial charge < -0.3 is 9.88 Å². The number of fused-ring (bicyclic) bond motifs is 1. The van der Waals surface area contributed by atoms with E-state index in [4.69, 9.17) is 0 Å². The predicted molar refractivity (Wildman–Crippen MR) is 102 cm³/mol. The third kappa shape index (κ3) is 3.19. The first-order valence-electron chi connectivity index (χ1n) is 8.72. The molecule has 0 aliphatic rings. The number of aryl methyl sites for hydroxylation is 3. The molecule has 136 valence electrons. The van der Waals surface area contributed by atoms with Crippen LogP contribution in [0.15, 0.2) is 49.1 Å². The van der Waals surface area contributed by atoms with Gasteiger partial charge in [-0.3, -0.25) is 4.79 Å². The number of nitrogens with zero attached hydrogens (tertiary/aromatic N) is 5. The highest BCUT2D eigenvalue weighted by molar-refractivity contribution is 6.01. The average Bonchev–Trinajstić information content (AvgIpc) is 3.28. The van der Waals surface area contributed by atoms with Crippen LogP contribution in [0.1, 0.15) is 33.0 Å². The molecule has 7 heteroatoms. The fraction of sp³-hybridized carbons (Fsp3) is 0.200. The molecular weight excluding hydrogens is 340 g/mol. The average molecular weight is 360 g/mol. The van der Waals surface area contributed by atoms with E-state index >= 15 is 0 Å². The van der Waals surface area contributed by atoms with Crippen LogP contribution < -0.4 is 5.32 Å². The lowest BCUT2D eigenvalue weighted by Crippen LogP contribution is -2.23. The zero-order valence-corrected chi connectivity index (χ0v) is 15.5. The molecule has 0 radical (unpaired) electrons. The Bertz CT molecular complexity index is 1110. The molecule has 4 aromatic rings. The molecule has 0 saturated heterocycles. The van der Waals surface area contributed by atoms with E-state index in [-0.39, 0.29) is 5.91 Å². The number of benzene rings is 1. The molecule has 0 bridgehead atoms. The van der Waals surface area contributed by atoms with Crippen molar-refractivity contribution >= 4 is 11.6 Å². The Morgan fingerprint density at radius 3 is 2.63 bits per heavy atom. The van der Waals surface area contributed by atoms with Crippen LogP contribution in [0.25, 0.3) is 11.3 Å². The van der Waals surface area contributed by atoms with Crippen molar-refractivity contribution < 1.29 is 4.79 Å². The maximum Gasteiger partial charge on any atom is 0.257 e. The van der Waals surface area contributed by atoms with Gasteiger partial charge in [-0.05, 0) is 44.5 Å². The Labute approximate surface area is 156 Å². The third-order valence-corrected chi connectivity index (χ3v) is 4.49. The van der Waals surface area contributed by atoms with Crippen LogP contribution in [0.4, 0.5) is 0 Å². The van der Waals surface area contributed by atoms with Crippen molar-refractivity contribution in [2.24, 2.45) is 0 Å². The van der Waals surface area contributed by atoms with E-state index in [1.54, 1.807) is 17.0 Å². The molecule has 7 nitrogen and oxygen atoms in total. The Morgan fingerprint density at radius 1 is 1.15 bits per heavy atom. The van der Waals surface area contributed by atoms with Crippen LogP contribution in [-0.2, 0) is 6.54 Å². The number of imidazole rings is 1. The zero-order chi connectivity index (χ0) is 19.0. The lowest BCUT2D eigenvalue weighted by atomic mass is 10.2. The van der Waals surface area contributed by atoms with E-state index in [9.17, 15) is 4.79 Å². The van der Waals surface area contributed by atoms with Gasteiger partial charge in [-0.15, -0.1) is 0 Å². The van der Waals surface area contributed by atoms with Crippen molar-refractivity contribution in [3.8, 4) is 5.69 Å². The van der Waals surface area contributed by atoms with Gasteiger partial charge in [-0.1, -0.05) is 12.1 Å². The largest absolute Gasteiger partial charge is 0.348 e. The summed E-state index contributed by atoms with van der Waals surface area (Å²) >= 11 is 0. The number of carbonyl (C=O) groups is 1. The third-order valence-electron chi connectivity index (χ3n) is 4.49. The smallest absolute Gasteiger partial charge is 0.257 e. The molecule has 0 spiro atoms. The Balaban J connectivity index is 1.53. The van der Waals surface area contributed by atoms with E-state index in [1.165, 1.54) is 0 Å². The number of carbonyl (C=O) groups excluding carboxylic acids is 1. The minimum absolute atomic E-state index is 0.168. The maximum absolute atomic E-state index is 12.8. The number of hydrogen-bond acceptors (Lipinski definition) is 4. The molecule has 0 fully saturated rings. The lowest BCUT2D eigenvalue weighted by molar-refractivity contribution is 0.0951. The van der Waals surface area contributed by atoms with Gasteiger partial charge in [-0.2, -0.15) is 5.10 Å². The first-order valence-corrected chi connectivity index (χ1v) is 8.72. The van der Waals surface area contributed by atoms with Crippen LogP contribution in [0.5, 0.6) is 0 Å². The highest BCUT2D eigenvalue weighted by Gasteiger charge is 2.19. The molecule has 1 N–H and O–H groups in total. The van der Waals surface area contributed by atoms with Gasteiger partial charge in [0.15, 0.2) is 5.65 Å². The fourth-order valence-electron chi connectivity index (χ4n) is 3.16. The SMILES string of the molecule is Cc1cc(C)n2nc(C)c(C(=O)NCc3ccc(-n4ccnc4)cc3)c2n1. The Kier molecular flexibility index (Phi) is 4.19. The summed E-state index contributed by atoms with van der Waals surface area (Å²) in [5, 5.41) is 7.43. The molecule has 0 atom stereocenters. The van der Waals surface area contributed by atoms with Gasteiger partial charge in [0.1, 0.15) is 5.56 Å². The van der Waals surface area contributed by atoms with E-state index in [1.807, 2.05) is 61.9 Å². The van der Waals surface area contributed by atoms with Crippen molar-refractivity contribution in [3.63, 3.8) is 0 Å². The Hall–Kier alpha value is -3.48. The van der Waals surface area contributed by atoms with Crippen molar-refractivity contribution in [1.82, 2.24) is 29.5 Å². The zero-order valence-electron chi connectivity index (χ0n) is 15.5. The van der Waals surface area contributed by atoms with Crippen molar-refractivity contribution in [2.45, 2.75) is 27.3 Å². The minimum atomic E-state index is -0.168. The van der Waals surface area contributed by atoms with E-state index in [2.05, 4.69) is 20.4 Å². The summed E-state index contributed by atoms with van der Waals surface area (Å²) in [5.74, 6) is -0.168. The predicted octanol–water partition coefficient (Wildman–Crippen LogP) is 2.77. The second kappa shape index (κ2) is 6.68. The van der Waals surface area contributed by atoms with Gasteiger partial charge in [-0.25, -0.2) is 14.5 Å². The number of rotatable bonds is 4. The van der Waals surface area contributed by atoms with Crippen LogP contribution in [0.3, 0.4) is 0 Å². The van der Waals surface area contributed by atoms with Crippen molar-refractivity contribution in [3.05, 3.63) is 77.3 Å². The molecule has 3 heterocycles. The van der Waals surface area contributed by atoms with Crippen molar-refractivity contribution in [1.29, 1.82) is 0 Å². The summed E-state index contributed by atoms with van der Waals surface area (Å²) in [6.07, 6.45) is 5.38. The summed E-state index contributed by atoms with van der Waals surface area (Å²) in [6.45, 7) is 6.14. The second-order valence-electron chi connectivity index (χ2n) is 6.55. The summed E-state index contributed by atoms with van der Waals surface area (Å²) in [5.41, 5.74) is 5.65. The van der Waals surface area contributed by atoms with Gasteiger partial charge in [0, 0.05) is 36.0 Å². The molecule has 27 heavy (non-hydrogen) atoms. The molecule has 3 aromatic heterocycles. The quantitative estimate of drug-likeness (QED) is 0.607. The first-order chi connectivity index (χ1) is 13.0. The first kappa shape index (κ1) is 17.0. The molecule has 1 amide bonds. The summed E-state index contributed by atoms with van der Waals surface area (Å²) < 4.78 is 3.65. The molecule has 0 aliphatic carbocycles. The number of hydrogen-bond donors (Lipinski definition) is 1. The molecular formula is C20H20N6O. The second-order valence-corrected chi connectivity index (χ2v) is 6.55.